The van der Waals surface area contributed by atoms with E-state index < -0.39 is 19.6 Å². The fourth-order valence-electron chi connectivity index (χ4n) is 1.13. The molecule has 7 heteroatoms. The highest BCUT2D eigenvalue weighted by Gasteiger charge is 2.26. The molecule has 0 rings (SSSR count). The van der Waals surface area contributed by atoms with Crippen LogP contribution in [-0.4, -0.2) is 38.5 Å². The maximum atomic E-state index is 12.0. The first-order chi connectivity index (χ1) is 7.49. The van der Waals surface area contributed by atoms with Crippen molar-refractivity contribution in [3.05, 3.63) is 0 Å². The van der Waals surface area contributed by atoms with Gasteiger partial charge in [0.05, 0.1) is 26.5 Å². The van der Waals surface area contributed by atoms with E-state index in [4.69, 9.17) is 14.8 Å². The summed E-state index contributed by atoms with van der Waals surface area (Å²) in [6.07, 6.45) is 0.328. The van der Waals surface area contributed by atoms with E-state index in [2.05, 4.69) is 4.74 Å². The zero-order valence-electron chi connectivity index (χ0n) is 9.97. The highest BCUT2D eigenvalue weighted by molar-refractivity contribution is 7.53. The molecule has 0 heterocycles. The van der Waals surface area contributed by atoms with Crippen molar-refractivity contribution in [3.8, 4) is 0 Å². The van der Waals surface area contributed by atoms with Gasteiger partial charge < -0.3 is 19.5 Å². The molecular weight excluding hydrogens is 233 g/mol. The average Bonchev–Trinajstić information content (AvgIpc) is 2.25. The van der Waals surface area contributed by atoms with Gasteiger partial charge in [0, 0.05) is 0 Å². The molecule has 0 aliphatic rings. The molecule has 0 fully saturated rings. The second kappa shape index (κ2) is 7.79. The van der Waals surface area contributed by atoms with Gasteiger partial charge in [0.25, 0.3) is 0 Å². The van der Waals surface area contributed by atoms with Gasteiger partial charge in [-0.05, 0) is 20.3 Å². The summed E-state index contributed by atoms with van der Waals surface area (Å²) >= 11 is 0. The fourth-order valence-corrected chi connectivity index (χ4v) is 2.84. The Bertz CT molecular complexity index is 248. The van der Waals surface area contributed by atoms with Crippen LogP contribution in [0.2, 0.25) is 0 Å². The van der Waals surface area contributed by atoms with Gasteiger partial charge in [-0.15, -0.1) is 0 Å². The summed E-state index contributed by atoms with van der Waals surface area (Å²) in [6.45, 7) is 4.05. The molecule has 0 bridgehead atoms. The van der Waals surface area contributed by atoms with Crippen LogP contribution in [0.15, 0.2) is 0 Å². The molecule has 0 unspecified atom stereocenters. The van der Waals surface area contributed by atoms with Crippen LogP contribution >= 0.6 is 7.60 Å². The molecule has 2 N–H and O–H groups in total. The van der Waals surface area contributed by atoms with Crippen LogP contribution < -0.4 is 5.73 Å². The van der Waals surface area contributed by atoms with Crippen molar-refractivity contribution in [1.82, 2.24) is 0 Å². The maximum absolute atomic E-state index is 12.0. The molecule has 16 heavy (non-hydrogen) atoms. The van der Waals surface area contributed by atoms with Gasteiger partial charge >= 0.3 is 13.6 Å². The van der Waals surface area contributed by atoms with Crippen molar-refractivity contribution < 1.29 is 23.1 Å². The standard InChI is InChI=1S/C9H20NO5P/c1-4-14-16(12,15-5-2)7-6-8(10)9(11)13-3/h8H,4-7,10H2,1-3H3/t8-/m1/s1. The third kappa shape index (κ3) is 5.61. The molecule has 0 radical (unpaired) electrons. The Labute approximate surface area is 96.0 Å². The quantitative estimate of drug-likeness (QED) is 0.515. The minimum Gasteiger partial charge on any atom is -0.468 e. The van der Waals surface area contributed by atoms with E-state index in [9.17, 15) is 9.36 Å². The lowest BCUT2D eigenvalue weighted by Gasteiger charge is -2.18. The summed E-state index contributed by atoms with van der Waals surface area (Å²) in [4.78, 5) is 11.0. The number of esters is 1. The molecule has 0 saturated heterocycles. The maximum Gasteiger partial charge on any atom is 0.330 e. The third-order valence-corrected chi connectivity index (χ3v) is 3.98. The first kappa shape index (κ1) is 15.6. The smallest absolute Gasteiger partial charge is 0.330 e. The van der Waals surface area contributed by atoms with Crippen LogP contribution in [0.5, 0.6) is 0 Å². The number of nitrogens with two attached hydrogens (primary N) is 1. The number of carbonyl (C=O) groups is 1. The van der Waals surface area contributed by atoms with E-state index in [1.807, 2.05) is 0 Å². The van der Waals surface area contributed by atoms with Crippen LogP contribution in [0, 0.1) is 0 Å². The summed E-state index contributed by atoms with van der Waals surface area (Å²) in [7, 11) is -1.85. The highest BCUT2D eigenvalue weighted by Crippen LogP contribution is 2.48. The van der Waals surface area contributed by atoms with Crippen molar-refractivity contribution in [1.29, 1.82) is 0 Å². The molecule has 0 saturated carbocycles. The lowest BCUT2D eigenvalue weighted by atomic mass is 10.2. The number of ether oxygens (including phenoxy) is 1. The van der Waals surface area contributed by atoms with E-state index in [-0.39, 0.29) is 12.6 Å². The molecule has 0 aromatic rings. The third-order valence-electron chi connectivity index (χ3n) is 1.87. The van der Waals surface area contributed by atoms with Gasteiger partial charge in [0.15, 0.2) is 0 Å². The van der Waals surface area contributed by atoms with E-state index >= 15 is 0 Å². The Morgan fingerprint density at radius 3 is 2.19 bits per heavy atom. The Morgan fingerprint density at radius 2 is 1.81 bits per heavy atom. The number of hydrogen-bond acceptors (Lipinski definition) is 6. The largest absolute Gasteiger partial charge is 0.468 e. The minimum absolute atomic E-state index is 0.116. The molecule has 96 valence electrons. The summed E-state index contributed by atoms with van der Waals surface area (Å²) in [6, 6.07) is -0.792. The predicted molar refractivity (Wildman–Crippen MR) is 60.3 cm³/mol. The first-order valence-corrected chi connectivity index (χ1v) is 6.93. The van der Waals surface area contributed by atoms with Gasteiger partial charge in [-0.25, -0.2) is 0 Å². The first-order valence-electron chi connectivity index (χ1n) is 5.20. The Hall–Kier alpha value is -0.420. The van der Waals surface area contributed by atoms with Crippen molar-refractivity contribution >= 4 is 13.6 Å². The molecule has 0 aliphatic heterocycles. The van der Waals surface area contributed by atoms with Crippen LogP contribution in [0.25, 0.3) is 0 Å². The van der Waals surface area contributed by atoms with Crippen molar-refractivity contribution in [2.45, 2.75) is 26.3 Å². The van der Waals surface area contributed by atoms with Gasteiger partial charge in [-0.1, -0.05) is 0 Å². The molecular formula is C9H20NO5P. The number of rotatable bonds is 8. The van der Waals surface area contributed by atoms with Gasteiger partial charge in [0.2, 0.25) is 0 Å². The van der Waals surface area contributed by atoms with Crippen LogP contribution in [0.3, 0.4) is 0 Å². The average molecular weight is 253 g/mol. The van der Waals surface area contributed by atoms with Gasteiger partial charge in [-0.3, -0.25) is 9.36 Å². The molecule has 0 aromatic carbocycles. The lowest BCUT2D eigenvalue weighted by Crippen LogP contribution is -2.32. The zero-order valence-corrected chi connectivity index (χ0v) is 10.9. The summed E-state index contributed by atoms with van der Waals surface area (Å²) in [5, 5.41) is 0. The molecule has 1 atom stereocenters. The second-order valence-electron chi connectivity index (χ2n) is 3.09. The monoisotopic (exact) mass is 253 g/mol. The molecule has 6 nitrogen and oxygen atoms in total. The molecule has 0 amide bonds. The van der Waals surface area contributed by atoms with Crippen molar-refractivity contribution in [3.63, 3.8) is 0 Å². The van der Waals surface area contributed by atoms with Gasteiger partial charge in [0.1, 0.15) is 6.04 Å². The zero-order chi connectivity index (χ0) is 12.6. The predicted octanol–water partition coefficient (Wildman–Crippen LogP) is 1.14. The van der Waals surface area contributed by atoms with E-state index in [1.54, 1.807) is 13.8 Å². The van der Waals surface area contributed by atoms with Gasteiger partial charge in [-0.2, -0.15) is 0 Å². The second-order valence-corrected chi connectivity index (χ2v) is 5.27. The Kier molecular flexibility index (Phi) is 7.58. The summed E-state index contributed by atoms with van der Waals surface area (Å²) in [5.74, 6) is -0.528. The van der Waals surface area contributed by atoms with Crippen LogP contribution in [-0.2, 0) is 23.1 Å². The Morgan fingerprint density at radius 1 is 1.31 bits per heavy atom. The minimum atomic E-state index is -3.11. The lowest BCUT2D eigenvalue weighted by molar-refractivity contribution is -0.142. The molecule has 0 aliphatic carbocycles. The van der Waals surface area contributed by atoms with E-state index in [0.29, 0.717) is 13.2 Å². The van der Waals surface area contributed by atoms with Crippen LogP contribution in [0.4, 0.5) is 0 Å². The number of methoxy groups -OCH3 is 1. The molecule has 0 aromatic heterocycles. The normalized spacial score (nSPS) is 13.5. The van der Waals surface area contributed by atoms with E-state index in [0.717, 1.165) is 0 Å². The fraction of sp³-hybridized carbons (Fsp3) is 0.889. The topological polar surface area (TPSA) is 87.9 Å². The van der Waals surface area contributed by atoms with E-state index in [1.165, 1.54) is 7.11 Å². The highest BCUT2D eigenvalue weighted by atomic mass is 31.2. The summed E-state index contributed by atoms with van der Waals surface area (Å²) < 4.78 is 26.6. The number of carbonyl (C=O) groups excluding carboxylic acids is 1. The number of hydrogen-bond donors (Lipinski definition) is 1. The van der Waals surface area contributed by atoms with Crippen molar-refractivity contribution in [2.24, 2.45) is 5.73 Å². The summed E-state index contributed by atoms with van der Waals surface area (Å²) in [5.41, 5.74) is 5.52. The Balaban J connectivity index is 4.21. The molecule has 0 spiro atoms. The van der Waals surface area contributed by atoms with Crippen molar-refractivity contribution in [2.75, 3.05) is 26.5 Å². The SMILES string of the molecule is CCOP(=O)(CC[C@@H](N)C(=O)OC)OCC. The van der Waals surface area contributed by atoms with Crippen LogP contribution in [0.1, 0.15) is 20.3 Å².